The topological polar surface area (TPSA) is 29.1 Å². The van der Waals surface area contributed by atoms with Crippen LogP contribution in [0.15, 0.2) is 42.5 Å². The van der Waals surface area contributed by atoms with Crippen LogP contribution in [0.4, 0.5) is 5.69 Å². The number of thioether (sulfide) groups is 1. The molecule has 0 heterocycles. The Morgan fingerprint density at radius 2 is 1.87 bits per heavy atom. The highest BCUT2D eigenvalue weighted by Gasteiger charge is 2.23. The van der Waals surface area contributed by atoms with Gasteiger partial charge < -0.3 is 5.32 Å². The molecule has 1 amide bonds. The van der Waals surface area contributed by atoms with E-state index in [1.807, 2.05) is 30.0 Å². The first-order valence-corrected chi connectivity index (χ1v) is 9.65. The van der Waals surface area contributed by atoms with E-state index in [9.17, 15) is 4.79 Å². The van der Waals surface area contributed by atoms with Crippen molar-refractivity contribution in [1.29, 1.82) is 0 Å². The summed E-state index contributed by atoms with van der Waals surface area (Å²) >= 11 is 1.88. The van der Waals surface area contributed by atoms with Crippen molar-refractivity contribution >= 4 is 34.1 Å². The molecule has 0 aromatic heterocycles. The minimum Gasteiger partial charge on any atom is -0.325 e. The molecule has 3 heteroatoms. The van der Waals surface area contributed by atoms with Crippen LogP contribution in [0.5, 0.6) is 0 Å². The summed E-state index contributed by atoms with van der Waals surface area (Å²) < 4.78 is 0. The summed E-state index contributed by atoms with van der Waals surface area (Å²) in [6, 6.07) is 14.4. The minimum atomic E-state index is 0.0598. The zero-order valence-corrected chi connectivity index (χ0v) is 14.6. The standard InChI is InChI=1S/C20H25NOS/c1-2-19(23-18-10-4-3-5-11-18)20(22)21-17-13-12-15-8-6-7-9-16(15)14-17/h6-9,12-14,18-19H,2-5,10-11H2,1H3,(H,21,22). The molecule has 1 N–H and O–H groups in total. The van der Waals surface area contributed by atoms with Crippen molar-refractivity contribution in [3.63, 3.8) is 0 Å². The lowest BCUT2D eigenvalue weighted by atomic mass is 10.0. The monoisotopic (exact) mass is 327 g/mol. The van der Waals surface area contributed by atoms with Crippen molar-refractivity contribution in [2.75, 3.05) is 5.32 Å². The molecule has 0 bridgehead atoms. The molecular weight excluding hydrogens is 302 g/mol. The van der Waals surface area contributed by atoms with Gasteiger partial charge in [0.1, 0.15) is 0 Å². The average molecular weight is 327 g/mol. The second-order valence-electron chi connectivity index (χ2n) is 6.34. The van der Waals surface area contributed by atoms with Gasteiger partial charge in [0.25, 0.3) is 0 Å². The van der Waals surface area contributed by atoms with E-state index in [0.29, 0.717) is 5.25 Å². The SMILES string of the molecule is CCC(SC1CCCCC1)C(=O)Nc1ccc2ccccc2c1. The Morgan fingerprint density at radius 1 is 1.13 bits per heavy atom. The fourth-order valence-electron chi connectivity index (χ4n) is 3.27. The molecule has 1 unspecified atom stereocenters. The largest absolute Gasteiger partial charge is 0.325 e. The van der Waals surface area contributed by atoms with Crippen LogP contribution in [0, 0.1) is 0 Å². The average Bonchev–Trinajstić information content (AvgIpc) is 2.60. The van der Waals surface area contributed by atoms with Crippen LogP contribution in [-0.2, 0) is 4.79 Å². The number of amides is 1. The number of hydrogen-bond donors (Lipinski definition) is 1. The number of carbonyl (C=O) groups is 1. The molecule has 1 saturated carbocycles. The molecule has 23 heavy (non-hydrogen) atoms. The second kappa shape index (κ2) is 7.87. The van der Waals surface area contributed by atoms with Crippen molar-refractivity contribution in [2.45, 2.75) is 55.9 Å². The highest BCUT2D eigenvalue weighted by molar-refractivity contribution is 8.01. The van der Waals surface area contributed by atoms with Crippen LogP contribution in [-0.4, -0.2) is 16.4 Å². The van der Waals surface area contributed by atoms with E-state index in [2.05, 4.69) is 36.5 Å². The van der Waals surface area contributed by atoms with Crippen LogP contribution in [0.3, 0.4) is 0 Å². The van der Waals surface area contributed by atoms with Gasteiger partial charge in [-0.2, -0.15) is 0 Å². The van der Waals surface area contributed by atoms with Gasteiger partial charge >= 0.3 is 0 Å². The van der Waals surface area contributed by atoms with E-state index in [1.54, 1.807) is 0 Å². The van der Waals surface area contributed by atoms with Gasteiger partial charge in [-0.25, -0.2) is 0 Å². The van der Waals surface area contributed by atoms with Crippen molar-refractivity contribution in [3.8, 4) is 0 Å². The fourth-order valence-corrected chi connectivity index (χ4v) is 4.71. The van der Waals surface area contributed by atoms with Crippen LogP contribution in [0.25, 0.3) is 10.8 Å². The van der Waals surface area contributed by atoms with Crippen molar-refractivity contribution in [3.05, 3.63) is 42.5 Å². The van der Waals surface area contributed by atoms with Gasteiger partial charge in [-0.1, -0.05) is 56.5 Å². The maximum absolute atomic E-state index is 12.6. The summed E-state index contributed by atoms with van der Waals surface area (Å²) in [5, 5.41) is 6.21. The van der Waals surface area contributed by atoms with Gasteiger partial charge in [0, 0.05) is 10.9 Å². The smallest absolute Gasteiger partial charge is 0.237 e. The molecule has 3 rings (SSSR count). The molecule has 1 fully saturated rings. The van der Waals surface area contributed by atoms with E-state index >= 15 is 0 Å². The summed E-state index contributed by atoms with van der Waals surface area (Å²) in [5.41, 5.74) is 0.899. The first-order valence-electron chi connectivity index (χ1n) is 8.71. The van der Waals surface area contributed by atoms with E-state index < -0.39 is 0 Å². The summed E-state index contributed by atoms with van der Waals surface area (Å²) in [6.45, 7) is 2.11. The van der Waals surface area contributed by atoms with Gasteiger partial charge in [-0.3, -0.25) is 4.79 Å². The van der Waals surface area contributed by atoms with Crippen LogP contribution in [0.1, 0.15) is 45.4 Å². The highest BCUT2D eigenvalue weighted by atomic mass is 32.2. The summed E-state index contributed by atoms with van der Waals surface area (Å²) in [4.78, 5) is 12.6. The lowest BCUT2D eigenvalue weighted by Crippen LogP contribution is -2.27. The normalized spacial score (nSPS) is 17.1. The fraction of sp³-hybridized carbons (Fsp3) is 0.450. The van der Waals surface area contributed by atoms with Crippen LogP contribution >= 0.6 is 11.8 Å². The number of rotatable bonds is 5. The van der Waals surface area contributed by atoms with Gasteiger partial charge in [0.05, 0.1) is 5.25 Å². The Bertz CT molecular complexity index is 663. The summed E-state index contributed by atoms with van der Waals surface area (Å²) in [6.07, 6.45) is 7.42. The molecule has 0 saturated heterocycles. The zero-order valence-electron chi connectivity index (χ0n) is 13.8. The number of carbonyl (C=O) groups excluding carboxylic acids is 1. The predicted molar refractivity (Wildman–Crippen MR) is 101 cm³/mol. The number of nitrogens with one attached hydrogen (secondary N) is 1. The van der Waals surface area contributed by atoms with E-state index in [4.69, 9.17) is 0 Å². The number of anilines is 1. The molecule has 0 spiro atoms. The molecular formula is C20H25NOS. The van der Waals surface area contributed by atoms with Crippen molar-refractivity contribution in [1.82, 2.24) is 0 Å². The predicted octanol–water partition coefficient (Wildman–Crippen LogP) is 5.62. The number of fused-ring (bicyclic) bond motifs is 1. The lowest BCUT2D eigenvalue weighted by molar-refractivity contribution is -0.115. The van der Waals surface area contributed by atoms with Crippen molar-refractivity contribution in [2.24, 2.45) is 0 Å². The Labute approximate surface area is 143 Å². The van der Waals surface area contributed by atoms with Crippen LogP contribution in [0.2, 0.25) is 0 Å². The van der Waals surface area contributed by atoms with Gasteiger partial charge in [0.2, 0.25) is 5.91 Å². The molecule has 0 radical (unpaired) electrons. The third kappa shape index (κ3) is 4.29. The summed E-state index contributed by atoms with van der Waals surface area (Å²) in [5.74, 6) is 0.151. The maximum atomic E-state index is 12.6. The molecule has 2 aromatic rings. The molecule has 2 aromatic carbocycles. The first-order chi connectivity index (χ1) is 11.3. The third-order valence-electron chi connectivity index (χ3n) is 4.59. The molecule has 2 nitrogen and oxygen atoms in total. The molecule has 1 atom stereocenters. The maximum Gasteiger partial charge on any atom is 0.237 e. The Morgan fingerprint density at radius 3 is 2.61 bits per heavy atom. The highest BCUT2D eigenvalue weighted by Crippen LogP contribution is 2.32. The Hall–Kier alpha value is -1.48. The number of hydrogen-bond acceptors (Lipinski definition) is 2. The zero-order chi connectivity index (χ0) is 16.1. The molecule has 0 aliphatic heterocycles. The van der Waals surface area contributed by atoms with Crippen molar-refractivity contribution < 1.29 is 4.79 Å². The molecule has 1 aliphatic carbocycles. The molecule has 122 valence electrons. The van der Waals surface area contributed by atoms with Gasteiger partial charge in [-0.05, 0) is 42.2 Å². The second-order valence-corrected chi connectivity index (χ2v) is 7.85. The van der Waals surface area contributed by atoms with E-state index in [1.165, 1.54) is 42.9 Å². The van der Waals surface area contributed by atoms with E-state index in [0.717, 1.165) is 12.1 Å². The Kier molecular flexibility index (Phi) is 5.60. The van der Waals surface area contributed by atoms with Gasteiger partial charge in [0.15, 0.2) is 0 Å². The van der Waals surface area contributed by atoms with Gasteiger partial charge in [-0.15, -0.1) is 11.8 Å². The lowest BCUT2D eigenvalue weighted by Gasteiger charge is -2.25. The van der Waals surface area contributed by atoms with Crippen LogP contribution < -0.4 is 5.32 Å². The Balaban J connectivity index is 1.65. The summed E-state index contributed by atoms with van der Waals surface area (Å²) in [7, 11) is 0. The number of benzene rings is 2. The van der Waals surface area contributed by atoms with E-state index in [-0.39, 0.29) is 11.2 Å². The molecule has 1 aliphatic rings. The minimum absolute atomic E-state index is 0.0598. The quantitative estimate of drug-likeness (QED) is 0.772. The third-order valence-corrected chi connectivity index (χ3v) is 6.32. The first kappa shape index (κ1) is 16.4.